The van der Waals surface area contributed by atoms with Crippen molar-refractivity contribution in [1.82, 2.24) is 0 Å². The lowest BCUT2D eigenvalue weighted by Crippen LogP contribution is -2.43. The van der Waals surface area contributed by atoms with Gasteiger partial charge in [-0.2, -0.15) is 0 Å². The van der Waals surface area contributed by atoms with Gasteiger partial charge >= 0.3 is 11.7 Å². The number of ether oxygens (including phenoxy) is 2. The molecule has 0 fully saturated rings. The van der Waals surface area contributed by atoms with Crippen LogP contribution in [0.2, 0.25) is 0 Å². The number of nitro groups is 1. The number of rotatable bonds is 6. The number of carbonyl (C=O) groups is 2. The van der Waals surface area contributed by atoms with E-state index < -0.39 is 23.6 Å². The van der Waals surface area contributed by atoms with E-state index in [4.69, 9.17) is 9.47 Å². The van der Waals surface area contributed by atoms with E-state index in [1.807, 2.05) is 31.2 Å². The minimum atomic E-state index is -1.00. The van der Waals surface area contributed by atoms with Gasteiger partial charge in [0.15, 0.2) is 18.5 Å². The van der Waals surface area contributed by atoms with E-state index in [1.165, 1.54) is 25.1 Å². The monoisotopic (exact) mass is 384 g/mol. The number of nitro benzene ring substituents is 1. The molecule has 0 saturated heterocycles. The molecular weight excluding hydrogens is 364 g/mol. The molecule has 0 unspecified atom stereocenters. The van der Waals surface area contributed by atoms with Crippen LogP contribution >= 0.6 is 0 Å². The Labute approximate surface area is 161 Å². The molecule has 0 aliphatic carbocycles. The molecule has 0 spiro atoms. The molecule has 0 N–H and O–H groups in total. The zero-order chi connectivity index (χ0) is 20.3. The van der Waals surface area contributed by atoms with Crippen LogP contribution in [0.1, 0.15) is 19.4 Å². The largest absolute Gasteiger partial charge is 0.475 e. The molecule has 146 valence electrons. The Hall–Kier alpha value is -3.42. The molecule has 0 bridgehead atoms. The van der Waals surface area contributed by atoms with Crippen LogP contribution in [0.15, 0.2) is 48.5 Å². The van der Waals surface area contributed by atoms with Crippen LogP contribution in [0.5, 0.6) is 5.75 Å². The molecule has 2 aromatic carbocycles. The highest BCUT2D eigenvalue weighted by Crippen LogP contribution is 2.32. The summed E-state index contributed by atoms with van der Waals surface area (Å²) in [5.74, 6) is -1.14. The molecule has 2 atom stereocenters. The lowest BCUT2D eigenvalue weighted by molar-refractivity contribution is -0.385. The summed E-state index contributed by atoms with van der Waals surface area (Å²) in [5, 5.41) is 11.0. The van der Waals surface area contributed by atoms with Crippen LogP contribution in [0.25, 0.3) is 0 Å². The summed E-state index contributed by atoms with van der Waals surface area (Å²) in [6.07, 6.45) is -0.265. The number of esters is 1. The van der Waals surface area contributed by atoms with Gasteiger partial charge < -0.3 is 14.4 Å². The Balaban J connectivity index is 1.60. The fourth-order valence-corrected chi connectivity index (χ4v) is 3.25. The maximum Gasteiger partial charge on any atom is 0.344 e. The van der Waals surface area contributed by atoms with Crippen LogP contribution in [-0.4, -0.2) is 35.6 Å². The van der Waals surface area contributed by atoms with E-state index in [1.54, 1.807) is 11.0 Å². The number of nitrogens with zero attached hydrogens (tertiary/aromatic N) is 2. The topological polar surface area (TPSA) is 99.0 Å². The zero-order valence-electron chi connectivity index (χ0n) is 15.5. The second kappa shape index (κ2) is 8.08. The minimum absolute atomic E-state index is 0.0331. The van der Waals surface area contributed by atoms with Crippen LogP contribution in [0.4, 0.5) is 11.4 Å². The number of fused-ring (bicyclic) bond motifs is 1. The molecule has 8 heteroatoms. The summed E-state index contributed by atoms with van der Waals surface area (Å²) >= 11 is 0. The van der Waals surface area contributed by atoms with Gasteiger partial charge in [0, 0.05) is 17.8 Å². The Kier molecular flexibility index (Phi) is 5.58. The van der Waals surface area contributed by atoms with Gasteiger partial charge in [-0.25, -0.2) is 4.79 Å². The molecule has 1 aliphatic heterocycles. The zero-order valence-corrected chi connectivity index (χ0v) is 15.5. The van der Waals surface area contributed by atoms with E-state index in [9.17, 15) is 19.7 Å². The minimum Gasteiger partial charge on any atom is -0.475 e. The average molecular weight is 384 g/mol. The number of amides is 1. The number of hydrogen-bond donors (Lipinski definition) is 0. The van der Waals surface area contributed by atoms with Gasteiger partial charge in [-0.05, 0) is 38.0 Å². The first-order valence-electron chi connectivity index (χ1n) is 8.85. The van der Waals surface area contributed by atoms with Crippen LogP contribution in [0.3, 0.4) is 0 Å². The average Bonchev–Trinajstić information content (AvgIpc) is 3.01. The summed E-state index contributed by atoms with van der Waals surface area (Å²) in [6, 6.07) is 13.3. The number of anilines is 1. The summed E-state index contributed by atoms with van der Waals surface area (Å²) in [7, 11) is 0. The summed E-state index contributed by atoms with van der Waals surface area (Å²) < 4.78 is 10.4. The fourth-order valence-electron chi connectivity index (χ4n) is 3.25. The van der Waals surface area contributed by atoms with E-state index in [-0.39, 0.29) is 23.4 Å². The van der Waals surface area contributed by atoms with E-state index in [0.29, 0.717) is 0 Å². The van der Waals surface area contributed by atoms with Crippen molar-refractivity contribution in [3.8, 4) is 5.75 Å². The first-order valence-corrected chi connectivity index (χ1v) is 8.85. The van der Waals surface area contributed by atoms with Crippen molar-refractivity contribution < 1.29 is 24.0 Å². The fraction of sp³-hybridized carbons (Fsp3) is 0.300. The normalized spacial score (nSPS) is 16.2. The third-order valence-electron chi connectivity index (χ3n) is 4.51. The Morgan fingerprint density at radius 2 is 1.89 bits per heavy atom. The maximum atomic E-state index is 12.8. The molecule has 2 aromatic rings. The predicted molar refractivity (Wildman–Crippen MR) is 101 cm³/mol. The predicted octanol–water partition coefficient (Wildman–Crippen LogP) is 2.88. The number of para-hydroxylation sites is 3. The number of benzene rings is 2. The van der Waals surface area contributed by atoms with Crippen molar-refractivity contribution in [2.75, 3.05) is 11.5 Å². The third-order valence-corrected chi connectivity index (χ3v) is 4.51. The van der Waals surface area contributed by atoms with Gasteiger partial charge in [0.25, 0.3) is 5.91 Å². The number of hydrogen-bond acceptors (Lipinski definition) is 6. The Bertz CT molecular complexity index is 913. The van der Waals surface area contributed by atoms with Gasteiger partial charge in [-0.3, -0.25) is 14.9 Å². The molecule has 0 radical (unpaired) electrons. The van der Waals surface area contributed by atoms with Crippen LogP contribution in [0, 0.1) is 10.1 Å². The van der Waals surface area contributed by atoms with Crippen molar-refractivity contribution in [2.45, 2.75) is 32.4 Å². The second-order valence-electron chi connectivity index (χ2n) is 6.54. The van der Waals surface area contributed by atoms with Gasteiger partial charge in [-0.15, -0.1) is 0 Å². The highest BCUT2D eigenvalue weighted by Gasteiger charge is 2.34. The van der Waals surface area contributed by atoms with E-state index in [0.717, 1.165) is 17.7 Å². The summed E-state index contributed by atoms with van der Waals surface area (Å²) in [5.41, 5.74) is 1.64. The van der Waals surface area contributed by atoms with Gasteiger partial charge in [0.05, 0.1) is 4.92 Å². The molecule has 28 heavy (non-hydrogen) atoms. The molecule has 1 aliphatic rings. The first-order chi connectivity index (χ1) is 13.4. The van der Waals surface area contributed by atoms with Gasteiger partial charge in [-0.1, -0.05) is 30.3 Å². The molecular formula is C20H20N2O6. The van der Waals surface area contributed by atoms with Crippen molar-refractivity contribution in [2.24, 2.45) is 0 Å². The van der Waals surface area contributed by atoms with Crippen molar-refractivity contribution in [1.29, 1.82) is 0 Å². The number of carbonyl (C=O) groups excluding carboxylic acids is 2. The molecule has 1 heterocycles. The second-order valence-corrected chi connectivity index (χ2v) is 6.54. The first kappa shape index (κ1) is 19.3. The molecule has 8 nitrogen and oxygen atoms in total. The van der Waals surface area contributed by atoms with E-state index >= 15 is 0 Å². The highest BCUT2D eigenvalue weighted by atomic mass is 16.6. The molecule has 3 rings (SSSR count). The van der Waals surface area contributed by atoms with Gasteiger partial charge in [0.1, 0.15) is 0 Å². The van der Waals surface area contributed by atoms with Crippen molar-refractivity contribution >= 4 is 23.3 Å². The Morgan fingerprint density at radius 3 is 2.64 bits per heavy atom. The maximum absolute atomic E-state index is 12.8. The Morgan fingerprint density at radius 1 is 1.21 bits per heavy atom. The van der Waals surface area contributed by atoms with Crippen molar-refractivity contribution in [3.05, 3.63) is 64.2 Å². The van der Waals surface area contributed by atoms with E-state index in [2.05, 4.69) is 0 Å². The SMILES string of the molecule is C[C@@H](OC(=O)COc1ccccc1[N+](=O)[O-])C(=O)N1c2ccccc2C[C@@H]1C. The highest BCUT2D eigenvalue weighted by molar-refractivity contribution is 5.99. The van der Waals surface area contributed by atoms with Crippen LogP contribution < -0.4 is 9.64 Å². The third kappa shape index (κ3) is 3.95. The van der Waals surface area contributed by atoms with Crippen LogP contribution in [-0.2, 0) is 20.7 Å². The van der Waals surface area contributed by atoms with Gasteiger partial charge in [0.2, 0.25) is 0 Å². The smallest absolute Gasteiger partial charge is 0.344 e. The lowest BCUT2D eigenvalue weighted by atomic mass is 10.1. The molecule has 0 saturated carbocycles. The molecule has 0 aromatic heterocycles. The molecule has 1 amide bonds. The quantitative estimate of drug-likeness (QED) is 0.431. The summed E-state index contributed by atoms with van der Waals surface area (Å²) in [6.45, 7) is 2.90. The summed E-state index contributed by atoms with van der Waals surface area (Å²) in [4.78, 5) is 36.9. The lowest BCUT2D eigenvalue weighted by Gasteiger charge is -2.25. The van der Waals surface area contributed by atoms with Crippen molar-refractivity contribution in [3.63, 3.8) is 0 Å². The standard InChI is InChI=1S/C20H20N2O6/c1-13-11-15-7-3-4-8-16(15)21(13)20(24)14(2)28-19(23)12-27-18-10-6-5-9-17(18)22(25)26/h3-10,13-14H,11-12H2,1-2H3/t13-,14+/m0/s1.